The zero-order valence-corrected chi connectivity index (χ0v) is 17.3. The molecule has 3 aromatic rings. The lowest BCUT2D eigenvalue weighted by Crippen LogP contribution is -2.19. The Bertz CT molecular complexity index is 1160. The standard InChI is InChI=1S/C16H11Br2ClN2O3S/c17-9-4-11(18)10-6-15(16(22)21-14(10)5-9)25(23,24)7-8-1-2-12(19)13(20)3-8/h1-6H,7,20H2,(H,21,22). The highest BCUT2D eigenvalue weighted by Gasteiger charge is 2.21. The van der Waals surface area contributed by atoms with E-state index in [2.05, 4.69) is 36.8 Å². The Kier molecular flexibility index (Phi) is 4.98. The fourth-order valence-corrected chi connectivity index (χ4v) is 5.29. The number of halogens is 3. The van der Waals surface area contributed by atoms with E-state index in [9.17, 15) is 13.2 Å². The zero-order chi connectivity index (χ0) is 18.4. The van der Waals surface area contributed by atoms with E-state index in [1.54, 1.807) is 18.2 Å². The summed E-state index contributed by atoms with van der Waals surface area (Å²) in [5.41, 5.74) is 6.31. The normalized spacial score (nSPS) is 11.8. The smallest absolute Gasteiger partial charge is 0.267 e. The minimum atomic E-state index is -3.87. The molecule has 0 bridgehead atoms. The van der Waals surface area contributed by atoms with Gasteiger partial charge in [-0.05, 0) is 35.9 Å². The van der Waals surface area contributed by atoms with Crippen LogP contribution in [0.3, 0.4) is 0 Å². The molecule has 0 saturated heterocycles. The number of sulfone groups is 1. The van der Waals surface area contributed by atoms with Crippen LogP contribution >= 0.6 is 43.5 Å². The van der Waals surface area contributed by atoms with Crippen molar-refractivity contribution in [1.29, 1.82) is 0 Å². The van der Waals surface area contributed by atoms with Crippen LogP contribution in [0.15, 0.2) is 55.0 Å². The Labute approximate surface area is 165 Å². The maximum Gasteiger partial charge on any atom is 0.267 e. The van der Waals surface area contributed by atoms with Crippen LogP contribution in [0.5, 0.6) is 0 Å². The number of fused-ring (bicyclic) bond motifs is 1. The molecule has 0 aliphatic carbocycles. The highest BCUT2D eigenvalue weighted by molar-refractivity contribution is 9.11. The van der Waals surface area contributed by atoms with E-state index in [4.69, 9.17) is 17.3 Å². The van der Waals surface area contributed by atoms with Crippen LogP contribution < -0.4 is 11.3 Å². The van der Waals surface area contributed by atoms with Crippen molar-refractivity contribution in [1.82, 2.24) is 4.98 Å². The van der Waals surface area contributed by atoms with Gasteiger partial charge in [0.25, 0.3) is 5.56 Å². The first kappa shape index (κ1) is 18.4. The van der Waals surface area contributed by atoms with Crippen molar-refractivity contribution < 1.29 is 8.42 Å². The highest BCUT2D eigenvalue weighted by Crippen LogP contribution is 2.29. The van der Waals surface area contributed by atoms with Gasteiger partial charge in [-0.25, -0.2) is 8.42 Å². The summed E-state index contributed by atoms with van der Waals surface area (Å²) in [4.78, 5) is 14.6. The summed E-state index contributed by atoms with van der Waals surface area (Å²) in [7, 11) is -3.87. The molecule has 1 aromatic heterocycles. The third-order valence-corrected chi connectivity index (χ3v) is 6.74. The first-order valence-corrected chi connectivity index (χ1v) is 10.6. The van der Waals surface area contributed by atoms with Crippen LogP contribution in [-0.2, 0) is 15.6 Å². The van der Waals surface area contributed by atoms with E-state index in [1.807, 2.05) is 0 Å². The number of hydrogen-bond acceptors (Lipinski definition) is 4. The van der Waals surface area contributed by atoms with E-state index < -0.39 is 15.4 Å². The topological polar surface area (TPSA) is 93.0 Å². The molecule has 0 amide bonds. The van der Waals surface area contributed by atoms with Gasteiger partial charge in [-0.1, -0.05) is 49.5 Å². The molecule has 3 rings (SSSR count). The fourth-order valence-electron chi connectivity index (χ4n) is 2.43. The second kappa shape index (κ2) is 6.75. The van der Waals surface area contributed by atoms with Crippen molar-refractivity contribution in [3.63, 3.8) is 0 Å². The highest BCUT2D eigenvalue weighted by atomic mass is 79.9. The van der Waals surface area contributed by atoms with Gasteiger partial charge >= 0.3 is 0 Å². The monoisotopic (exact) mass is 504 g/mol. The molecule has 9 heteroatoms. The molecule has 0 atom stereocenters. The summed E-state index contributed by atoms with van der Waals surface area (Å²) in [6, 6.07) is 9.44. The van der Waals surface area contributed by atoms with E-state index in [-0.39, 0.29) is 16.3 Å². The molecular weight excluding hydrogens is 496 g/mol. The number of rotatable bonds is 3. The molecule has 0 fully saturated rings. The Morgan fingerprint density at radius 3 is 2.52 bits per heavy atom. The molecular formula is C16H11Br2ClN2O3S. The van der Waals surface area contributed by atoms with E-state index in [0.717, 1.165) is 4.47 Å². The number of nitrogens with two attached hydrogens (primary N) is 1. The minimum absolute atomic E-state index is 0.286. The molecule has 1 heterocycles. The van der Waals surface area contributed by atoms with Crippen LogP contribution in [0.2, 0.25) is 5.02 Å². The van der Waals surface area contributed by atoms with Crippen LogP contribution in [0.25, 0.3) is 10.9 Å². The SMILES string of the molecule is Nc1cc(CS(=O)(=O)c2cc3c(Br)cc(Br)cc3[nH]c2=O)ccc1Cl. The van der Waals surface area contributed by atoms with Gasteiger partial charge < -0.3 is 10.7 Å². The van der Waals surface area contributed by atoms with Crippen molar-refractivity contribution in [2.24, 2.45) is 0 Å². The first-order chi connectivity index (χ1) is 11.7. The third kappa shape index (κ3) is 3.76. The maximum atomic E-state index is 12.7. The summed E-state index contributed by atoms with van der Waals surface area (Å²) < 4.78 is 26.9. The number of benzene rings is 2. The molecule has 0 aliphatic rings. The first-order valence-electron chi connectivity index (χ1n) is 6.96. The average Bonchev–Trinajstić information content (AvgIpc) is 2.49. The molecule has 130 valence electrons. The van der Waals surface area contributed by atoms with Gasteiger partial charge in [-0.3, -0.25) is 4.79 Å². The molecule has 0 unspecified atom stereocenters. The number of H-pyrrole nitrogens is 1. The number of pyridine rings is 1. The lowest BCUT2D eigenvalue weighted by atomic mass is 10.2. The molecule has 5 nitrogen and oxygen atoms in total. The summed E-state index contributed by atoms with van der Waals surface area (Å²) in [6.07, 6.45) is 0. The third-order valence-electron chi connectivity index (χ3n) is 3.59. The van der Waals surface area contributed by atoms with E-state index in [0.29, 0.717) is 26.0 Å². The van der Waals surface area contributed by atoms with Gasteiger partial charge in [0.2, 0.25) is 0 Å². The Morgan fingerprint density at radius 2 is 1.84 bits per heavy atom. The summed E-state index contributed by atoms with van der Waals surface area (Å²) in [6.45, 7) is 0. The lowest BCUT2D eigenvalue weighted by molar-refractivity contribution is 0.594. The van der Waals surface area contributed by atoms with Crippen molar-refractivity contribution in [2.75, 3.05) is 5.73 Å². The van der Waals surface area contributed by atoms with Crippen molar-refractivity contribution >= 4 is 69.9 Å². The number of nitrogens with one attached hydrogen (secondary N) is 1. The number of aromatic nitrogens is 1. The Balaban J connectivity index is 2.12. The number of hydrogen-bond donors (Lipinski definition) is 2. The van der Waals surface area contributed by atoms with Crippen molar-refractivity contribution in [3.05, 3.63) is 66.3 Å². The van der Waals surface area contributed by atoms with Gasteiger partial charge in [0.05, 0.1) is 22.0 Å². The summed E-state index contributed by atoms with van der Waals surface area (Å²) >= 11 is 12.6. The molecule has 2 aromatic carbocycles. The Hall–Kier alpha value is -1.35. The van der Waals surface area contributed by atoms with Gasteiger partial charge in [0.1, 0.15) is 4.90 Å². The maximum absolute atomic E-state index is 12.7. The lowest BCUT2D eigenvalue weighted by Gasteiger charge is -2.08. The number of anilines is 1. The molecule has 0 radical (unpaired) electrons. The van der Waals surface area contributed by atoms with E-state index >= 15 is 0 Å². The second-order valence-electron chi connectivity index (χ2n) is 5.43. The summed E-state index contributed by atoms with van der Waals surface area (Å²) in [5.74, 6) is -0.350. The zero-order valence-electron chi connectivity index (χ0n) is 12.5. The minimum Gasteiger partial charge on any atom is -0.398 e. The van der Waals surface area contributed by atoms with Crippen LogP contribution in [0.4, 0.5) is 5.69 Å². The number of aromatic amines is 1. The number of nitrogen functional groups attached to an aromatic ring is 1. The second-order valence-corrected chi connectivity index (χ2v) is 9.56. The molecule has 25 heavy (non-hydrogen) atoms. The Morgan fingerprint density at radius 1 is 1.12 bits per heavy atom. The van der Waals surface area contributed by atoms with E-state index in [1.165, 1.54) is 18.2 Å². The van der Waals surface area contributed by atoms with Crippen LogP contribution in [0, 0.1) is 0 Å². The van der Waals surface area contributed by atoms with Crippen LogP contribution in [-0.4, -0.2) is 13.4 Å². The average molecular weight is 507 g/mol. The predicted molar refractivity (Wildman–Crippen MR) is 107 cm³/mol. The molecule has 0 saturated carbocycles. The quantitative estimate of drug-likeness (QED) is 0.519. The molecule has 3 N–H and O–H groups in total. The van der Waals surface area contributed by atoms with Gasteiger partial charge in [-0.15, -0.1) is 0 Å². The van der Waals surface area contributed by atoms with Crippen LogP contribution in [0.1, 0.15) is 5.56 Å². The summed E-state index contributed by atoms with van der Waals surface area (Å²) in [5, 5.41) is 0.941. The predicted octanol–water partition coefficient (Wildman–Crippen LogP) is 4.26. The van der Waals surface area contributed by atoms with Crippen molar-refractivity contribution in [3.8, 4) is 0 Å². The van der Waals surface area contributed by atoms with Gasteiger partial charge in [0, 0.05) is 14.3 Å². The largest absolute Gasteiger partial charge is 0.398 e. The van der Waals surface area contributed by atoms with Crippen molar-refractivity contribution in [2.45, 2.75) is 10.6 Å². The van der Waals surface area contributed by atoms with Gasteiger partial charge in [-0.2, -0.15) is 0 Å². The fraction of sp³-hybridized carbons (Fsp3) is 0.0625. The van der Waals surface area contributed by atoms with Gasteiger partial charge in [0.15, 0.2) is 9.84 Å². The molecule has 0 spiro atoms. The molecule has 0 aliphatic heterocycles.